The third-order valence-electron chi connectivity index (χ3n) is 3.73. The smallest absolute Gasteiger partial charge is 0.355 e. The number of aromatic nitrogens is 1. The number of pyridine rings is 1. The van der Waals surface area contributed by atoms with Crippen molar-refractivity contribution in [2.75, 3.05) is 6.61 Å². The van der Waals surface area contributed by atoms with Crippen molar-refractivity contribution >= 4 is 16.9 Å². The van der Waals surface area contributed by atoms with Crippen molar-refractivity contribution in [1.29, 1.82) is 5.26 Å². The Morgan fingerprint density at radius 3 is 2.70 bits per heavy atom. The van der Waals surface area contributed by atoms with Crippen LogP contribution in [0.3, 0.4) is 0 Å². The van der Waals surface area contributed by atoms with Gasteiger partial charge in [-0.3, -0.25) is 4.79 Å². The number of carbonyl (C=O) groups excluding carboxylic acids is 1. The topological polar surface area (TPSA) is 72.1 Å². The zero-order chi connectivity index (χ0) is 16.7. The highest BCUT2D eigenvalue weighted by atomic mass is 19.2. The maximum atomic E-state index is 14.0. The molecule has 7 heteroatoms. The number of nitrogens with zero attached hydrogens (tertiary/aromatic N) is 2. The Morgan fingerprint density at radius 1 is 1.43 bits per heavy atom. The van der Waals surface area contributed by atoms with Crippen molar-refractivity contribution in [3.8, 4) is 6.07 Å². The second-order valence-corrected chi connectivity index (χ2v) is 5.27. The van der Waals surface area contributed by atoms with Crippen LogP contribution in [-0.2, 0) is 4.74 Å². The van der Waals surface area contributed by atoms with Crippen molar-refractivity contribution < 1.29 is 18.3 Å². The van der Waals surface area contributed by atoms with Gasteiger partial charge in [0.1, 0.15) is 17.3 Å². The minimum Gasteiger partial charge on any atom is -0.461 e. The van der Waals surface area contributed by atoms with E-state index in [1.165, 1.54) is 4.57 Å². The maximum Gasteiger partial charge on any atom is 0.355 e. The van der Waals surface area contributed by atoms with Crippen LogP contribution in [0.15, 0.2) is 16.9 Å². The molecule has 1 aliphatic rings. The second kappa shape index (κ2) is 5.47. The van der Waals surface area contributed by atoms with Gasteiger partial charge in [0.15, 0.2) is 17.1 Å². The monoisotopic (exact) mass is 318 g/mol. The molecule has 5 nitrogen and oxygen atoms in total. The fraction of sp³-hybridized carbons (Fsp3) is 0.312. The molecule has 0 atom stereocenters. The molecule has 1 aromatic carbocycles. The lowest BCUT2D eigenvalue weighted by Crippen LogP contribution is -2.21. The van der Waals surface area contributed by atoms with E-state index in [0.717, 1.165) is 12.1 Å². The highest BCUT2D eigenvalue weighted by molar-refractivity contribution is 5.94. The summed E-state index contributed by atoms with van der Waals surface area (Å²) in [6, 6.07) is 3.27. The molecule has 23 heavy (non-hydrogen) atoms. The first-order valence-corrected chi connectivity index (χ1v) is 7.14. The SMILES string of the molecule is CCOC(=O)c1cc(=O)c2cc(F)c(F)c(C#N)c2n1C1CC1. The Kier molecular flexibility index (Phi) is 3.60. The Hall–Kier alpha value is -2.75. The van der Waals surface area contributed by atoms with Gasteiger partial charge in [-0.1, -0.05) is 0 Å². The lowest BCUT2D eigenvalue weighted by Gasteiger charge is -2.16. The van der Waals surface area contributed by atoms with E-state index in [-0.39, 0.29) is 29.2 Å². The van der Waals surface area contributed by atoms with Crippen LogP contribution in [0.2, 0.25) is 0 Å². The molecule has 0 bridgehead atoms. The predicted octanol–water partition coefficient (Wildman–Crippen LogP) is 2.66. The van der Waals surface area contributed by atoms with Gasteiger partial charge in [0, 0.05) is 12.1 Å². The van der Waals surface area contributed by atoms with Crippen LogP contribution in [0.4, 0.5) is 8.78 Å². The van der Waals surface area contributed by atoms with Gasteiger partial charge < -0.3 is 9.30 Å². The van der Waals surface area contributed by atoms with Gasteiger partial charge in [0.25, 0.3) is 0 Å². The summed E-state index contributed by atoms with van der Waals surface area (Å²) in [6.45, 7) is 1.73. The lowest BCUT2D eigenvalue weighted by molar-refractivity contribution is 0.0513. The van der Waals surface area contributed by atoms with Crippen LogP contribution < -0.4 is 5.43 Å². The standard InChI is InChI=1S/C16H12F2N2O3/c1-2-23-16(22)12-6-13(21)9-5-11(17)14(18)10(7-19)15(9)20(12)8-3-4-8/h5-6,8H,2-4H2,1H3. The summed E-state index contributed by atoms with van der Waals surface area (Å²) in [7, 11) is 0. The number of hydrogen-bond donors (Lipinski definition) is 0. The van der Waals surface area contributed by atoms with Crippen LogP contribution in [0.5, 0.6) is 0 Å². The van der Waals surface area contributed by atoms with E-state index in [4.69, 9.17) is 4.74 Å². The normalized spacial score (nSPS) is 13.8. The number of benzene rings is 1. The van der Waals surface area contributed by atoms with E-state index in [2.05, 4.69) is 0 Å². The molecule has 0 unspecified atom stereocenters. The fourth-order valence-corrected chi connectivity index (χ4v) is 2.62. The Bertz CT molecular complexity index is 924. The van der Waals surface area contributed by atoms with Crippen molar-refractivity contribution in [2.24, 2.45) is 0 Å². The van der Waals surface area contributed by atoms with Crippen molar-refractivity contribution in [3.63, 3.8) is 0 Å². The first kappa shape index (κ1) is 15.2. The molecule has 0 radical (unpaired) electrons. The van der Waals surface area contributed by atoms with Crippen molar-refractivity contribution in [3.05, 3.63) is 45.2 Å². The largest absolute Gasteiger partial charge is 0.461 e. The molecule has 1 aliphatic carbocycles. The van der Waals surface area contributed by atoms with Gasteiger partial charge in [-0.25, -0.2) is 13.6 Å². The van der Waals surface area contributed by atoms with E-state index in [0.29, 0.717) is 12.8 Å². The second-order valence-electron chi connectivity index (χ2n) is 5.27. The van der Waals surface area contributed by atoms with E-state index in [1.54, 1.807) is 13.0 Å². The van der Waals surface area contributed by atoms with Crippen molar-refractivity contribution in [2.45, 2.75) is 25.8 Å². The Labute approximate surface area is 129 Å². The summed E-state index contributed by atoms with van der Waals surface area (Å²) >= 11 is 0. The average molecular weight is 318 g/mol. The summed E-state index contributed by atoms with van der Waals surface area (Å²) in [6.07, 6.45) is 1.43. The molecule has 1 aromatic heterocycles. The van der Waals surface area contributed by atoms with Crippen LogP contribution in [-0.4, -0.2) is 17.1 Å². The molecule has 118 valence electrons. The number of nitriles is 1. The maximum absolute atomic E-state index is 14.0. The minimum absolute atomic E-state index is 0.0469. The molecule has 0 N–H and O–H groups in total. The van der Waals surface area contributed by atoms with Crippen LogP contribution in [0.1, 0.15) is 41.9 Å². The average Bonchev–Trinajstić information content (AvgIpc) is 3.34. The predicted molar refractivity (Wildman–Crippen MR) is 77.1 cm³/mol. The zero-order valence-electron chi connectivity index (χ0n) is 12.2. The van der Waals surface area contributed by atoms with E-state index >= 15 is 0 Å². The molecule has 0 aliphatic heterocycles. The quantitative estimate of drug-likeness (QED) is 0.816. The highest BCUT2D eigenvalue weighted by Crippen LogP contribution is 2.39. The van der Waals surface area contributed by atoms with E-state index < -0.39 is 28.6 Å². The fourth-order valence-electron chi connectivity index (χ4n) is 2.62. The number of fused-ring (bicyclic) bond motifs is 1. The summed E-state index contributed by atoms with van der Waals surface area (Å²) in [5.74, 6) is -3.32. The van der Waals surface area contributed by atoms with Crippen LogP contribution >= 0.6 is 0 Å². The molecule has 3 rings (SSSR count). The summed E-state index contributed by atoms with van der Waals surface area (Å²) in [5.41, 5.74) is -1.33. The Balaban J connectivity index is 2.47. The lowest BCUT2D eigenvalue weighted by atomic mass is 10.1. The van der Waals surface area contributed by atoms with E-state index in [1.807, 2.05) is 0 Å². The van der Waals surface area contributed by atoms with Gasteiger partial charge >= 0.3 is 5.97 Å². The third kappa shape index (κ3) is 2.36. The molecule has 0 saturated heterocycles. The first-order valence-electron chi connectivity index (χ1n) is 7.14. The molecular formula is C16H12F2N2O3. The van der Waals surface area contributed by atoms with E-state index in [9.17, 15) is 23.6 Å². The van der Waals surface area contributed by atoms with Crippen LogP contribution in [0, 0.1) is 23.0 Å². The summed E-state index contributed by atoms with van der Waals surface area (Å²) < 4.78 is 34.0. The summed E-state index contributed by atoms with van der Waals surface area (Å²) in [4.78, 5) is 24.3. The van der Waals surface area contributed by atoms with Gasteiger partial charge in [-0.2, -0.15) is 5.26 Å². The van der Waals surface area contributed by atoms with Crippen LogP contribution in [0.25, 0.3) is 10.9 Å². The molecular weight excluding hydrogens is 306 g/mol. The number of esters is 1. The highest BCUT2D eigenvalue weighted by Gasteiger charge is 2.32. The molecule has 0 amide bonds. The Morgan fingerprint density at radius 2 is 2.13 bits per heavy atom. The number of carbonyl (C=O) groups is 1. The molecule has 1 fully saturated rings. The number of rotatable bonds is 3. The first-order chi connectivity index (χ1) is 11.0. The molecule has 0 spiro atoms. The van der Waals surface area contributed by atoms with Gasteiger partial charge in [-0.15, -0.1) is 0 Å². The zero-order valence-corrected chi connectivity index (χ0v) is 12.2. The van der Waals surface area contributed by atoms with Crippen molar-refractivity contribution in [1.82, 2.24) is 4.57 Å². The van der Waals surface area contributed by atoms with Gasteiger partial charge in [0.05, 0.1) is 17.5 Å². The third-order valence-corrected chi connectivity index (χ3v) is 3.73. The number of halogens is 2. The van der Waals surface area contributed by atoms with Gasteiger partial charge in [-0.05, 0) is 25.8 Å². The molecule has 2 aromatic rings. The molecule has 1 saturated carbocycles. The number of hydrogen-bond acceptors (Lipinski definition) is 4. The summed E-state index contributed by atoms with van der Waals surface area (Å²) in [5, 5.41) is 9.08. The number of ether oxygens (including phenoxy) is 1. The minimum atomic E-state index is -1.32. The molecule has 1 heterocycles. The van der Waals surface area contributed by atoms with Gasteiger partial charge in [0.2, 0.25) is 0 Å².